The number of amides is 1. The fourth-order valence-electron chi connectivity index (χ4n) is 2.61. The zero-order valence-corrected chi connectivity index (χ0v) is 13.9. The van der Waals surface area contributed by atoms with Gasteiger partial charge in [0, 0.05) is 24.1 Å². The van der Waals surface area contributed by atoms with Gasteiger partial charge in [-0.05, 0) is 35.4 Å². The van der Waals surface area contributed by atoms with E-state index in [4.69, 9.17) is 0 Å². The molecule has 0 fully saturated rings. The summed E-state index contributed by atoms with van der Waals surface area (Å²) in [7, 11) is 0. The number of carbonyl (C=O) groups excluding carboxylic acids is 1. The highest BCUT2D eigenvalue weighted by molar-refractivity contribution is 7.80. The normalized spacial score (nSPS) is 11.2. The number of phenols is 2. The van der Waals surface area contributed by atoms with E-state index in [9.17, 15) is 15.0 Å². The molecule has 4 nitrogen and oxygen atoms in total. The summed E-state index contributed by atoms with van der Waals surface area (Å²) < 4.78 is 0. The monoisotopic (exact) mass is 331 g/mol. The molecule has 0 aromatic heterocycles. The Balaban J connectivity index is 2.39. The van der Waals surface area contributed by atoms with Gasteiger partial charge in [0.25, 0.3) is 0 Å². The maximum Gasteiger partial charge on any atom is 0.221 e. The number of thiol groups is 1. The number of benzene rings is 2. The summed E-state index contributed by atoms with van der Waals surface area (Å²) in [4.78, 5) is 12.3. The second-order valence-corrected chi connectivity index (χ2v) is 6.12. The minimum atomic E-state index is -0.567. The molecule has 0 bridgehead atoms. The summed E-state index contributed by atoms with van der Waals surface area (Å²) in [6.07, 6.45) is 0.260. The molecule has 1 amide bonds. The molecule has 0 unspecified atom stereocenters. The lowest BCUT2D eigenvalue weighted by Crippen LogP contribution is -2.34. The van der Waals surface area contributed by atoms with E-state index in [0.29, 0.717) is 12.3 Å². The predicted molar refractivity (Wildman–Crippen MR) is 94.1 cm³/mol. The Morgan fingerprint density at radius 3 is 1.83 bits per heavy atom. The minimum Gasteiger partial charge on any atom is -0.508 e. The van der Waals surface area contributed by atoms with Gasteiger partial charge in [0.2, 0.25) is 5.91 Å². The Morgan fingerprint density at radius 2 is 1.43 bits per heavy atom. The van der Waals surface area contributed by atoms with Gasteiger partial charge in [-0.2, -0.15) is 12.6 Å². The minimum absolute atomic E-state index is 0.0669. The molecule has 2 rings (SSSR count). The van der Waals surface area contributed by atoms with Crippen molar-refractivity contribution in [2.45, 2.75) is 18.8 Å². The fraction of sp³-hybridized carbons (Fsp3) is 0.278. The van der Waals surface area contributed by atoms with Gasteiger partial charge in [-0.25, -0.2) is 0 Å². The van der Waals surface area contributed by atoms with Crippen molar-refractivity contribution in [1.29, 1.82) is 0 Å². The lowest BCUT2D eigenvalue weighted by molar-refractivity contribution is -0.121. The van der Waals surface area contributed by atoms with E-state index in [1.165, 1.54) is 0 Å². The lowest BCUT2D eigenvalue weighted by atomic mass is 9.73. The molecule has 0 spiro atoms. The van der Waals surface area contributed by atoms with Crippen molar-refractivity contribution in [3.05, 3.63) is 59.7 Å². The van der Waals surface area contributed by atoms with Crippen LogP contribution in [0.15, 0.2) is 48.5 Å². The number of carbonyl (C=O) groups is 1. The van der Waals surface area contributed by atoms with Crippen LogP contribution in [0.4, 0.5) is 0 Å². The number of hydrogen-bond acceptors (Lipinski definition) is 4. The summed E-state index contributed by atoms with van der Waals surface area (Å²) in [6.45, 7) is 2.50. The molecular formula is C18H21NO3S. The van der Waals surface area contributed by atoms with E-state index in [-0.39, 0.29) is 23.8 Å². The third-order valence-electron chi connectivity index (χ3n) is 3.96. The van der Waals surface area contributed by atoms with Crippen LogP contribution in [0.3, 0.4) is 0 Å². The summed E-state index contributed by atoms with van der Waals surface area (Å²) in [5.74, 6) is 0.881. The zero-order chi connectivity index (χ0) is 16.9. The first-order valence-electron chi connectivity index (χ1n) is 7.42. The van der Waals surface area contributed by atoms with Gasteiger partial charge in [-0.3, -0.25) is 4.79 Å². The topological polar surface area (TPSA) is 69.6 Å². The Hall–Kier alpha value is -2.14. The number of hydrogen-bond donors (Lipinski definition) is 4. The molecule has 2 aromatic rings. The molecule has 0 heterocycles. The van der Waals surface area contributed by atoms with Gasteiger partial charge in [0.1, 0.15) is 11.5 Å². The second-order valence-electron chi connectivity index (χ2n) is 5.68. The molecule has 0 aliphatic heterocycles. The van der Waals surface area contributed by atoms with Crippen LogP contribution in [0.5, 0.6) is 11.5 Å². The molecule has 0 saturated heterocycles. The Kier molecular flexibility index (Phi) is 5.55. The highest BCUT2D eigenvalue weighted by Gasteiger charge is 2.31. The number of rotatable bonds is 6. The Morgan fingerprint density at radius 1 is 1.00 bits per heavy atom. The smallest absolute Gasteiger partial charge is 0.221 e. The molecule has 0 saturated carbocycles. The molecule has 0 aliphatic rings. The first kappa shape index (κ1) is 17.2. The first-order chi connectivity index (χ1) is 11.0. The van der Waals surface area contributed by atoms with Crippen LogP contribution in [0.2, 0.25) is 0 Å². The summed E-state index contributed by atoms with van der Waals surface area (Å²) >= 11 is 4.10. The number of nitrogens with one attached hydrogen (secondary N) is 1. The largest absolute Gasteiger partial charge is 0.508 e. The number of phenolic OH excluding ortho intramolecular Hbond substituents is 2. The van der Waals surface area contributed by atoms with Crippen molar-refractivity contribution in [2.24, 2.45) is 0 Å². The van der Waals surface area contributed by atoms with E-state index < -0.39 is 5.41 Å². The third kappa shape index (κ3) is 4.20. The van der Waals surface area contributed by atoms with Gasteiger partial charge >= 0.3 is 0 Å². The first-order valence-corrected chi connectivity index (χ1v) is 8.05. The van der Waals surface area contributed by atoms with E-state index in [1.54, 1.807) is 24.3 Å². The molecule has 3 N–H and O–H groups in total. The summed E-state index contributed by atoms with van der Waals surface area (Å²) in [6, 6.07) is 13.7. The van der Waals surface area contributed by atoms with E-state index >= 15 is 0 Å². The lowest BCUT2D eigenvalue weighted by Gasteiger charge is -2.30. The third-order valence-corrected chi connectivity index (χ3v) is 4.18. The van der Waals surface area contributed by atoms with Crippen LogP contribution < -0.4 is 5.32 Å². The molecular weight excluding hydrogens is 310 g/mol. The molecule has 122 valence electrons. The second kappa shape index (κ2) is 7.42. The van der Waals surface area contributed by atoms with E-state index in [2.05, 4.69) is 17.9 Å². The van der Waals surface area contributed by atoms with Crippen molar-refractivity contribution in [2.75, 3.05) is 12.3 Å². The maximum absolute atomic E-state index is 12.3. The van der Waals surface area contributed by atoms with Gasteiger partial charge in [0.15, 0.2) is 0 Å². The van der Waals surface area contributed by atoms with Crippen LogP contribution in [0.1, 0.15) is 24.5 Å². The fourth-order valence-corrected chi connectivity index (χ4v) is 2.72. The zero-order valence-electron chi connectivity index (χ0n) is 13.0. The van der Waals surface area contributed by atoms with Gasteiger partial charge in [-0.15, -0.1) is 0 Å². The molecule has 23 heavy (non-hydrogen) atoms. The summed E-state index contributed by atoms with van der Waals surface area (Å²) in [5.41, 5.74) is 1.27. The van der Waals surface area contributed by atoms with Crippen molar-refractivity contribution in [3.8, 4) is 11.5 Å². The highest BCUT2D eigenvalue weighted by Crippen LogP contribution is 2.36. The van der Waals surface area contributed by atoms with Crippen LogP contribution in [-0.2, 0) is 10.2 Å². The van der Waals surface area contributed by atoms with Gasteiger partial charge < -0.3 is 15.5 Å². The SMILES string of the molecule is CC(CC(=O)NCCS)(c1ccc(O)cc1)c1ccc(O)cc1. The Labute approximate surface area is 141 Å². The highest BCUT2D eigenvalue weighted by atomic mass is 32.1. The van der Waals surface area contributed by atoms with Crippen LogP contribution >= 0.6 is 12.6 Å². The van der Waals surface area contributed by atoms with Gasteiger partial charge in [-0.1, -0.05) is 31.2 Å². The quantitative estimate of drug-likeness (QED) is 0.615. The molecule has 0 atom stereocenters. The average molecular weight is 331 g/mol. The van der Waals surface area contributed by atoms with Crippen LogP contribution in [0, 0.1) is 0 Å². The molecule has 5 heteroatoms. The average Bonchev–Trinajstić information content (AvgIpc) is 2.54. The molecule has 2 aromatic carbocycles. The summed E-state index contributed by atoms with van der Waals surface area (Å²) in [5, 5.41) is 21.8. The van der Waals surface area contributed by atoms with Crippen molar-refractivity contribution < 1.29 is 15.0 Å². The Bertz CT molecular complexity index is 607. The number of aromatic hydroxyl groups is 2. The van der Waals surface area contributed by atoms with E-state index in [1.807, 2.05) is 31.2 Å². The molecule has 0 aliphatic carbocycles. The van der Waals surface area contributed by atoms with Crippen molar-refractivity contribution in [3.63, 3.8) is 0 Å². The molecule has 0 radical (unpaired) electrons. The maximum atomic E-state index is 12.3. The van der Waals surface area contributed by atoms with Crippen molar-refractivity contribution >= 4 is 18.5 Å². The van der Waals surface area contributed by atoms with Crippen molar-refractivity contribution in [1.82, 2.24) is 5.32 Å². The predicted octanol–water partition coefficient (Wildman–Crippen LogP) is 2.84. The standard InChI is InChI=1S/C18H21NO3S/c1-18(12-17(22)19-10-11-23,13-2-6-15(20)7-3-13)14-4-8-16(21)9-5-14/h2-9,20-21,23H,10-12H2,1H3,(H,19,22). The van der Waals surface area contributed by atoms with E-state index in [0.717, 1.165) is 11.1 Å². The van der Waals surface area contributed by atoms with Crippen LogP contribution in [-0.4, -0.2) is 28.4 Å². The van der Waals surface area contributed by atoms with Crippen LogP contribution in [0.25, 0.3) is 0 Å². The van der Waals surface area contributed by atoms with Gasteiger partial charge in [0.05, 0.1) is 0 Å².